The van der Waals surface area contributed by atoms with Crippen molar-refractivity contribution in [3.63, 3.8) is 0 Å². The zero-order valence-corrected chi connectivity index (χ0v) is 15.7. The van der Waals surface area contributed by atoms with Crippen molar-refractivity contribution in [3.8, 4) is 0 Å². The van der Waals surface area contributed by atoms with E-state index in [-0.39, 0.29) is 5.57 Å². The Morgan fingerprint density at radius 3 is 1.60 bits per heavy atom. The lowest BCUT2D eigenvalue weighted by Crippen LogP contribution is -2.10. The summed E-state index contributed by atoms with van der Waals surface area (Å²) in [4.78, 5) is 22.4. The summed E-state index contributed by atoms with van der Waals surface area (Å²) in [6, 6.07) is 0. The molecule has 6 heteroatoms. The second-order valence-corrected chi connectivity index (χ2v) is 5.97. The number of allylic oxidation sites excluding steroid dienone is 1. The van der Waals surface area contributed by atoms with E-state index in [1.165, 1.54) is 0 Å². The third-order valence-corrected chi connectivity index (χ3v) is 3.96. The van der Waals surface area contributed by atoms with Gasteiger partial charge in [-0.1, -0.05) is 18.4 Å². The highest BCUT2D eigenvalue weighted by Gasteiger charge is 2.17. The summed E-state index contributed by atoms with van der Waals surface area (Å²) in [5.41, 5.74) is 0.838. The van der Waals surface area contributed by atoms with Crippen molar-refractivity contribution in [3.05, 3.63) is 11.1 Å². The number of hydrogen-bond acceptors (Lipinski definition) is 4. The lowest BCUT2D eigenvalue weighted by molar-refractivity contribution is -0.139. The van der Waals surface area contributed by atoms with Crippen molar-refractivity contribution in [2.45, 2.75) is 71.6 Å². The average molecular weight is 358 g/mol. The standard InChI is InChI=1S/C19H34O6/c1-3-24-13-9-5-7-11-16(12-8-6-10-14-25-4-2)17(19(22)23)15-18(20)21/h3-15H2,1-2H3,(H,20,21)(H,22,23). The monoisotopic (exact) mass is 358 g/mol. The van der Waals surface area contributed by atoms with Gasteiger partial charge < -0.3 is 19.7 Å². The zero-order chi connectivity index (χ0) is 18.9. The minimum atomic E-state index is -1.11. The van der Waals surface area contributed by atoms with Crippen molar-refractivity contribution >= 4 is 11.9 Å². The molecule has 0 amide bonds. The molecule has 0 aliphatic rings. The third-order valence-electron chi connectivity index (χ3n) is 3.96. The van der Waals surface area contributed by atoms with Gasteiger partial charge >= 0.3 is 11.9 Å². The second kappa shape index (κ2) is 16.1. The van der Waals surface area contributed by atoms with Gasteiger partial charge in [-0.3, -0.25) is 4.79 Å². The number of carboxylic acids is 2. The average Bonchev–Trinajstić information content (AvgIpc) is 2.56. The number of hydrogen-bond donors (Lipinski definition) is 2. The van der Waals surface area contributed by atoms with Gasteiger partial charge in [0, 0.05) is 32.0 Å². The largest absolute Gasteiger partial charge is 0.481 e. The highest BCUT2D eigenvalue weighted by molar-refractivity contribution is 5.92. The molecule has 0 aromatic rings. The SMILES string of the molecule is CCOCCCCCC(CCCCCOCC)=C(CC(=O)O)C(=O)O. The van der Waals surface area contributed by atoms with Gasteiger partial charge in [0.05, 0.1) is 6.42 Å². The van der Waals surface area contributed by atoms with Crippen LogP contribution in [0.2, 0.25) is 0 Å². The Kier molecular flexibility index (Phi) is 15.2. The molecule has 0 aromatic carbocycles. The first-order valence-corrected chi connectivity index (χ1v) is 9.34. The van der Waals surface area contributed by atoms with Crippen LogP contribution in [0.25, 0.3) is 0 Å². The lowest BCUT2D eigenvalue weighted by Gasteiger charge is -2.12. The van der Waals surface area contributed by atoms with Crippen molar-refractivity contribution < 1.29 is 29.3 Å². The predicted octanol–water partition coefficient (Wildman–Crippen LogP) is 4.04. The molecule has 0 unspecified atom stereocenters. The summed E-state index contributed by atoms with van der Waals surface area (Å²) < 4.78 is 10.6. The molecule has 0 aliphatic carbocycles. The summed E-state index contributed by atoms with van der Waals surface area (Å²) in [7, 11) is 0. The first-order valence-electron chi connectivity index (χ1n) is 9.34. The van der Waals surface area contributed by atoms with Crippen LogP contribution in [-0.4, -0.2) is 48.6 Å². The summed E-state index contributed by atoms with van der Waals surface area (Å²) in [5.74, 6) is -2.20. The molecule has 2 N–H and O–H groups in total. The van der Waals surface area contributed by atoms with Gasteiger partial charge in [0.15, 0.2) is 0 Å². The highest BCUT2D eigenvalue weighted by Crippen LogP contribution is 2.23. The van der Waals surface area contributed by atoms with Gasteiger partial charge in [-0.2, -0.15) is 0 Å². The Morgan fingerprint density at radius 1 is 0.760 bits per heavy atom. The fraction of sp³-hybridized carbons (Fsp3) is 0.789. The predicted molar refractivity (Wildman–Crippen MR) is 96.8 cm³/mol. The van der Waals surface area contributed by atoms with Gasteiger partial charge in [-0.15, -0.1) is 0 Å². The summed E-state index contributed by atoms with van der Waals surface area (Å²) in [6.45, 7) is 6.75. The van der Waals surface area contributed by atoms with Gasteiger partial charge in [0.2, 0.25) is 0 Å². The fourth-order valence-corrected chi connectivity index (χ4v) is 2.66. The van der Waals surface area contributed by atoms with Crippen LogP contribution in [0, 0.1) is 0 Å². The van der Waals surface area contributed by atoms with Crippen LogP contribution in [0.3, 0.4) is 0 Å². The molecular weight excluding hydrogens is 324 g/mol. The van der Waals surface area contributed by atoms with Crippen LogP contribution < -0.4 is 0 Å². The Labute approximate surface area is 151 Å². The Morgan fingerprint density at radius 2 is 1.24 bits per heavy atom. The maximum absolute atomic E-state index is 11.5. The van der Waals surface area contributed by atoms with Gasteiger partial charge in [0.25, 0.3) is 0 Å². The molecule has 0 rings (SSSR count). The quantitative estimate of drug-likeness (QED) is 0.301. The summed E-state index contributed by atoms with van der Waals surface area (Å²) >= 11 is 0. The maximum Gasteiger partial charge on any atom is 0.332 e. The van der Waals surface area contributed by atoms with E-state index in [0.29, 0.717) is 39.3 Å². The maximum atomic E-state index is 11.5. The molecule has 0 fully saturated rings. The third kappa shape index (κ3) is 13.6. The van der Waals surface area contributed by atoms with E-state index in [1.54, 1.807) is 0 Å². The second-order valence-electron chi connectivity index (χ2n) is 5.97. The van der Waals surface area contributed by atoms with Crippen LogP contribution in [0.15, 0.2) is 11.1 Å². The summed E-state index contributed by atoms with van der Waals surface area (Å²) in [6.07, 6.45) is 6.38. The van der Waals surface area contributed by atoms with Crippen molar-refractivity contribution in [2.75, 3.05) is 26.4 Å². The first kappa shape index (κ1) is 23.6. The Balaban J connectivity index is 4.57. The number of ether oxygens (including phenoxy) is 2. The molecule has 0 saturated heterocycles. The normalized spacial score (nSPS) is 10.6. The van der Waals surface area contributed by atoms with E-state index in [2.05, 4.69) is 0 Å². The van der Waals surface area contributed by atoms with E-state index in [9.17, 15) is 14.7 Å². The number of rotatable bonds is 17. The first-order chi connectivity index (χ1) is 12.0. The highest BCUT2D eigenvalue weighted by atomic mass is 16.5. The van der Waals surface area contributed by atoms with E-state index < -0.39 is 18.4 Å². The summed E-state index contributed by atoms with van der Waals surface area (Å²) in [5, 5.41) is 18.4. The minimum absolute atomic E-state index is 0.0575. The zero-order valence-electron chi connectivity index (χ0n) is 15.7. The van der Waals surface area contributed by atoms with E-state index in [0.717, 1.165) is 44.1 Å². The van der Waals surface area contributed by atoms with Crippen molar-refractivity contribution in [2.24, 2.45) is 0 Å². The van der Waals surface area contributed by atoms with Crippen LogP contribution in [-0.2, 0) is 19.1 Å². The van der Waals surface area contributed by atoms with Gasteiger partial charge in [-0.05, 0) is 52.4 Å². The van der Waals surface area contributed by atoms with E-state index in [4.69, 9.17) is 14.6 Å². The minimum Gasteiger partial charge on any atom is -0.481 e. The fourth-order valence-electron chi connectivity index (χ4n) is 2.66. The number of carboxylic acid groups (broad SMARTS) is 2. The molecule has 146 valence electrons. The molecule has 0 aliphatic heterocycles. The molecule has 0 atom stereocenters. The molecule has 0 spiro atoms. The van der Waals surface area contributed by atoms with Crippen molar-refractivity contribution in [1.29, 1.82) is 0 Å². The van der Waals surface area contributed by atoms with Crippen LogP contribution in [0.1, 0.15) is 71.6 Å². The number of aliphatic carboxylic acids is 2. The molecule has 0 saturated carbocycles. The Bertz CT molecular complexity index is 385. The van der Waals surface area contributed by atoms with Gasteiger partial charge in [0.1, 0.15) is 0 Å². The molecule has 0 aromatic heterocycles. The van der Waals surface area contributed by atoms with Crippen LogP contribution in [0.5, 0.6) is 0 Å². The van der Waals surface area contributed by atoms with Gasteiger partial charge in [-0.25, -0.2) is 4.79 Å². The molecule has 6 nitrogen and oxygen atoms in total. The number of carbonyl (C=O) groups is 2. The topological polar surface area (TPSA) is 93.1 Å². The lowest BCUT2D eigenvalue weighted by atomic mass is 9.94. The van der Waals surface area contributed by atoms with E-state index >= 15 is 0 Å². The molecule has 0 bridgehead atoms. The Hall–Kier alpha value is -1.40. The smallest absolute Gasteiger partial charge is 0.332 e. The number of unbranched alkanes of at least 4 members (excludes halogenated alkanes) is 4. The van der Waals surface area contributed by atoms with E-state index in [1.807, 2.05) is 13.8 Å². The molecule has 0 radical (unpaired) electrons. The molecule has 25 heavy (non-hydrogen) atoms. The van der Waals surface area contributed by atoms with Crippen LogP contribution in [0.4, 0.5) is 0 Å². The molecule has 0 heterocycles. The van der Waals surface area contributed by atoms with Crippen molar-refractivity contribution in [1.82, 2.24) is 0 Å². The van der Waals surface area contributed by atoms with Crippen LogP contribution >= 0.6 is 0 Å². The molecular formula is C19H34O6.